The van der Waals surface area contributed by atoms with Crippen LogP contribution in [0.3, 0.4) is 0 Å². The van der Waals surface area contributed by atoms with Gasteiger partial charge >= 0.3 is 5.97 Å². The van der Waals surface area contributed by atoms with Gasteiger partial charge in [0.05, 0.1) is 0 Å². The molecule has 2 heteroatoms. The summed E-state index contributed by atoms with van der Waals surface area (Å²) in [6.45, 7) is 3.51. The molecule has 0 N–H and O–H groups in total. The summed E-state index contributed by atoms with van der Waals surface area (Å²) in [5.41, 5.74) is 2.02. The number of carbonyl (C=O) groups is 1. The summed E-state index contributed by atoms with van der Waals surface area (Å²) in [5.74, 6) is 0.247. The van der Waals surface area contributed by atoms with Gasteiger partial charge in [0.25, 0.3) is 0 Å². The number of hydrogen-bond acceptors (Lipinski definition) is 2. The number of benzene rings is 2. The number of carbonyl (C=O) groups excluding carboxylic acids is 1. The molecule has 2 aromatic carbocycles. The molecule has 0 unspecified atom stereocenters. The van der Waals surface area contributed by atoms with Crippen molar-refractivity contribution in [1.82, 2.24) is 0 Å². The molecule has 0 amide bonds. The van der Waals surface area contributed by atoms with Crippen LogP contribution in [0.4, 0.5) is 0 Å². The highest BCUT2D eigenvalue weighted by atomic mass is 16.6. The summed E-state index contributed by atoms with van der Waals surface area (Å²) in [6.07, 6.45) is 0. The van der Waals surface area contributed by atoms with Crippen LogP contribution in [0.15, 0.2) is 60.7 Å². The smallest absolute Gasteiger partial charge is 0.303 e. The van der Waals surface area contributed by atoms with Gasteiger partial charge in [0.15, 0.2) is 0 Å². The molecule has 1 aliphatic rings. The van der Waals surface area contributed by atoms with Crippen molar-refractivity contribution in [3.63, 3.8) is 0 Å². The van der Waals surface area contributed by atoms with Crippen molar-refractivity contribution in [3.05, 3.63) is 71.8 Å². The first-order chi connectivity index (χ1) is 9.63. The molecule has 1 fully saturated rings. The van der Waals surface area contributed by atoms with Crippen LogP contribution in [0.2, 0.25) is 0 Å². The maximum Gasteiger partial charge on any atom is 0.303 e. The summed E-state index contributed by atoms with van der Waals surface area (Å²) < 4.78 is 5.64. The van der Waals surface area contributed by atoms with Crippen LogP contribution in [0.5, 0.6) is 0 Å². The Morgan fingerprint density at radius 2 is 1.30 bits per heavy atom. The molecule has 0 heterocycles. The van der Waals surface area contributed by atoms with Crippen molar-refractivity contribution in [3.8, 4) is 0 Å². The molecule has 0 radical (unpaired) electrons. The molecular weight excluding hydrogens is 248 g/mol. The Bertz CT molecular complexity index is 558. The zero-order valence-electron chi connectivity index (χ0n) is 11.7. The van der Waals surface area contributed by atoms with Crippen molar-refractivity contribution in [2.24, 2.45) is 0 Å². The first-order valence-corrected chi connectivity index (χ1v) is 6.92. The van der Waals surface area contributed by atoms with Crippen molar-refractivity contribution in [2.75, 3.05) is 0 Å². The fraction of sp³-hybridized carbons (Fsp3) is 0.278. The van der Waals surface area contributed by atoms with Crippen LogP contribution in [0.1, 0.15) is 36.8 Å². The summed E-state index contributed by atoms with van der Waals surface area (Å²) in [6, 6.07) is 20.6. The van der Waals surface area contributed by atoms with E-state index in [-0.39, 0.29) is 17.8 Å². The second-order valence-electron chi connectivity index (χ2n) is 5.55. The van der Waals surface area contributed by atoms with Gasteiger partial charge in [0.1, 0.15) is 5.60 Å². The maximum absolute atomic E-state index is 11.4. The molecule has 0 saturated heterocycles. The molecule has 3 rings (SSSR count). The highest BCUT2D eigenvalue weighted by molar-refractivity contribution is 5.68. The minimum atomic E-state index is -0.436. The minimum absolute atomic E-state index is 0.216. The quantitative estimate of drug-likeness (QED) is 0.788. The van der Waals surface area contributed by atoms with Gasteiger partial charge < -0.3 is 4.74 Å². The van der Waals surface area contributed by atoms with Gasteiger partial charge in [-0.1, -0.05) is 60.7 Å². The van der Waals surface area contributed by atoms with Crippen LogP contribution in [-0.4, -0.2) is 11.6 Å². The van der Waals surface area contributed by atoms with E-state index >= 15 is 0 Å². The van der Waals surface area contributed by atoms with Gasteiger partial charge in [0.2, 0.25) is 0 Å². The Hall–Kier alpha value is -2.09. The number of esters is 1. The third kappa shape index (κ3) is 2.11. The monoisotopic (exact) mass is 266 g/mol. The Morgan fingerprint density at radius 1 is 0.900 bits per heavy atom. The van der Waals surface area contributed by atoms with Gasteiger partial charge in [-0.3, -0.25) is 4.79 Å². The molecule has 2 aromatic rings. The average molecular weight is 266 g/mol. The third-order valence-electron chi connectivity index (χ3n) is 4.14. The predicted molar refractivity (Wildman–Crippen MR) is 78.5 cm³/mol. The normalized spacial score (nSPS) is 27.9. The van der Waals surface area contributed by atoms with E-state index in [2.05, 4.69) is 24.3 Å². The molecule has 20 heavy (non-hydrogen) atoms. The van der Waals surface area contributed by atoms with Gasteiger partial charge in [0, 0.05) is 18.8 Å². The summed E-state index contributed by atoms with van der Waals surface area (Å²) in [7, 11) is 0. The first-order valence-electron chi connectivity index (χ1n) is 6.92. The summed E-state index contributed by atoms with van der Waals surface area (Å²) in [4.78, 5) is 11.4. The molecule has 2 atom stereocenters. The van der Waals surface area contributed by atoms with Crippen molar-refractivity contribution < 1.29 is 9.53 Å². The van der Waals surface area contributed by atoms with Gasteiger partial charge in [-0.2, -0.15) is 0 Å². The zero-order chi connectivity index (χ0) is 14.2. The predicted octanol–water partition coefficient (Wildman–Crippen LogP) is 3.89. The number of rotatable bonds is 3. The molecule has 0 spiro atoms. The SMILES string of the molecule is CC(=O)OC1(C)[C@@H](c2ccccc2)[C@@H]1c1ccccc1. The lowest BCUT2D eigenvalue weighted by atomic mass is 10.0. The average Bonchev–Trinajstić information content (AvgIpc) is 3.05. The van der Waals surface area contributed by atoms with Gasteiger partial charge in [-0.25, -0.2) is 0 Å². The number of hydrogen-bond donors (Lipinski definition) is 0. The third-order valence-corrected chi connectivity index (χ3v) is 4.14. The van der Waals surface area contributed by atoms with Crippen LogP contribution in [-0.2, 0) is 9.53 Å². The van der Waals surface area contributed by atoms with Gasteiger partial charge in [-0.05, 0) is 18.1 Å². The van der Waals surface area contributed by atoms with E-state index in [4.69, 9.17) is 4.74 Å². The van der Waals surface area contributed by atoms with E-state index in [1.165, 1.54) is 18.1 Å². The lowest BCUT2D eigenvalue weighted by Gasteiger charge is -2.12. The standard InChI is InChI=1S/C18H18O2/c1-13(19)20-18(2)16(14-9-5-3-6-10-14)17(18)15-11-7-4-8-12-15/h3-12,16-17H,1-2H3/t16-,17-/m0/s1. The molecule has 1 saturated carbocycles. The van der Waals surface area contributed by atoms with E-state index in [0.29, 0.717) is 0 Å². The van der Waals surface area contributed by atoms with Gasteiger partial charge in [-0.15, -0.1) is 0 Å². The molecule has 0 aromatic heterocycles. The zero-order valence-corrected chi connectivity index (χ0v) is 11.7. The van der Waals surface area contributed by atoms with Crippen molar-refractivity contribution >= 4 is 5.97 Å². The number of ether oxygens (including phenoxy) is 1. The van der Waals surface area contributed by atoms with E-state index in [1.807, 2.05) is 43.3 Å². The maximum atomic E-state index is 11.4. The highest BCUT2D eigenvalue weighted by Crippen LogP contribution is 2.65. The molecule has 0 bridgehead atoms. The fourth-order valence-electron chi connectivity index (χ4n) is 3.29. The fourth-order valence-corrected chi connectivity index (χ4v) is 3.29. The molecule has 0 aliphatic heterocycles. The summed E-state index contributed by atoms with van der Waals surface area (Å²) >= 11 is 0. The van der Waals surface area contributed by atoms with E-state index < -0.39 is 5.60 Å². The van der Waals surface area contributed by atoms with E-state index in [1.54, 1.807) is 0 Å². The van der Waals surface area contributed by atoms with Crippen LogP contribution in [0, 0.1) is 0 Å². The Kier molecular flexibility index (Phi) is 3.09. The second kappa shape index (κ2) is 4.78. The van der Waals surface area contributed by atoms with Crippen LogP contribution >= 0.6 is 0 Å². The second-order valence-corrected chi connectivity index (χ2v) is 5.55. The van der Waals surface area contributed by atoms with Crippen LogP contribution in [0.25, 0.3) is 0 Å². The Balaban J connectivity index is 1.97. The van der Waals surface area contributed by atoms with Crippen LogP contribution < -0.4 is 0 Å². The summed E-state index contributed by atoms with van der Waals surface area (Å²) in [5, 5.41) is 0. The van der Waals surface area contributed by atoms with E-state index in [0.717, 1.165) is 0 Å². The highest BCUT2D eigenvalue weighted by Gasteiger charge is 2.65. The minimum Gasteiger partial charge on any atom is -0.458 e. The molecule has 102 valence electrons. The molecule has 1 aliphatic carbocycles. The topological polar surface area (TPSA) is 26.3 Å². The Morgan fingerprint density at radius 3 is 1.65 bits per heavy atom. The lowest BCUT2D eigenvalue weighted by molar-refractivity contribution is -0.148. The lowest BCUT2D eigenvalue weighted by Crippen LogP contribution is -2.17. The first kappa shape index (κ1) is 12.9. The largest absolute Gasteiger partial charge is 0.458 e. The Labute approximate surface area is 119 Å². The van der Waals surface area contributed by atoms with E-state index in [9.17, 15) is 4.79 Å². The van der Waals surface area contributed by atoms with Crippen molar-refractivity contribution in [1.29, 1.82) is 0 Å². The molecule has 2 nitrogen and oxygen atoms in total. The van der Waals surface area contributed by atoms with Crippen molar-refractivity contribution in [2.45, 2.75) is 31.3 Å². The molecular formula is C18H18O2.